The quantitative estimate of drug-likeness (QED) is 0.337. The molecular weight excluding hydrogens is 463 g/mol. The van der Waals surface area contributed by atoms with Gasteiger partial charge in [0.25, 0.3) is 0 Å². The summed E-state index contributed by atoms with van der Waals surface area (Å²) >= 11 is 0. The number of benzene rings is 2. The summed E-state index contributed by atoms with van der Waals surface area (Å²) in [6.45, 7) is 19.9. The Balaban J connectivity index is 1.86. The molecule has 9 heteroatoms. The van der Waals surface area contributed by atoms with E-state index in [-0.39, 0.29) is 5.75 Å². The molecule has 3 rings (SSSR count). The second kappa shape index (κ2) is 9.46. The summed E-state index contributed by atoms with van der Waals surface area (Å²) in [4.78, 5) is 1.54. The predicted molar refractivity (Wildman–Crippen MR) is 143 cm³/mol. The van der Waals surface area contributed by atoms with E-state index in [1.54, 1.807) is 4.80 Å². The van der Waals surface area contributed by atoms with E-state index in [1.807, 2.05) is 37.3 Å². The highest BCUT2D eigenvalue weighted by atomic mass is 28.5. The molecule has 2 aromatic carbocycles. The number of aromatic hydroxyl groups is 1. The van der Waals surface area contributed by atoms with Crippen LogP contribution in [0.4, 0.5) is 0 Å². The number of hydrogen-bond donors (Lipinski definition) is 1. The fraction of sp³-hybridized carbons (Fsp3) is 0.500. The molecule has 33 heavy (non-hydrogen) atoms. The van der Waals surface area contributed by atoms with Gasteiger partial charge in [-0.15, -0.1) is 15.0 Å². The number of phenolic OH excluding ortho intramolecular Hbond substituents is 1. The highest BCUT2D eigenvalue weighted by molar-refractivity contribution is 6.88. The van der Waals surface area contributed by atoms with Crippen LogP contribution in [0.1, 0.15) is 24.5 Å². The lowest BCUT2D eigenvalue weighted by Crippen LogP contribution is -2.55. The van der Waals surface area contributed by atoms with Gasteiger partial charge in [-0.2, -0.15) is 0 Å². The van der Waals surface area contributed by atoms with Crippen molar-refractivity contribution in [2.75, 3.05) is 0 Å². The lowest BCUT2D eigenvalue weighted by molar-refractivity contribution is 0.361. The molecule has 0 saturated heterocycles. The molecule has 1 aromatic heterocycles. The maximum absolute atomic E-state index is 11.1. The summed E-state index contributed by atoms with van der Waals surface area (Å²) in [5, 5.41) is 20.3. The normalized spacial score (nSPS) is 14.1. The summed E-state index contributed by atoms with van der Waals surface area (Å²) in [6, 6.07) is 11.7. The van der Waals surface area contributed by atoms with Gasteiger partial charge in [0.1, 0.15) is 22.5 Å². The average molecular weight is 502 g/mol. The second-order valence-electron chi connectivity index (χ2n) is 11.2. The van der Waals surface area contributed by atoms with Gasteiger partial charge in [-0.25, -0.2) is 0 Å². The first kappa shape index (κ1) is 25.8. The van der Waals surface area contributed by atoms with Crippen LogP contribution in [-0.4, -0.2) is 45.3 Å². The van der Waals surface area contributed by atoms with E-state index in [9.17, 15) is 5.11 Å². The Morgan fingerprint density at radius 3 is 1.91 bits per heavy atom. The van der Waals surface area contributed by atoms with Crippen LogP contribution in [0.2, 0.25) is 51.4 Å². The average Bonchev–Trinajstić information content (AvgIpc) is 3.09. The molecule has 0 amide bonds. The Morgan fingerprint density at radius 1 is 0.909 bits per heavy atom. The number of aryl methyl sites for hydroxylation is 2. The monoisotopic (exact) mass is 501 g/mol. The standard InChI is InChI=1S/C24H39N3O3Si3/c1-18-16-20(15-14-19(2)33(9,29-31(3,4)5)30-32(6,7)8)24(28)23(17-18)27-25-21-12-10-11-13-22(21)26-27/h10-13,16-17,19,28H,14-15H2,1-9H3. The minimum absolute atomic E-state index is 0.244. The number of aromatic nitrogens is 3. The zero-order valence-electron chi connectivity index (χ0n) is 21.6. The maximum atomic E-state index is 11.1. The lowest BCUT2D eigenvalue weighted by Gasteiger charge is -2.42. The fourth-order valence-corrected chi connectivity index (χ4v) is 16.8. The Kier molecular flexibility index (Phi) is 7.40. The summed E-state index contributed by atoms with van der Waals surface area (Å²) in [7, 11) is -5.92. The molecule has 0 saturated carbocycles. The molecule has 180 valence electrons. The van der Waals surface area contributed by atoms with E-state index < -0.39 is 25.2 Å². The second-order valence-corrected chi connectivity index (χ2v) is 24.3. The lowest BCUT2D eigenvalue weighted by atomic mass is 10.0. The smallest absolute Gasteiger partial charge is 0.317 e. The van der Waals surface area contributed by atoms with Crippen LogP contribution in [-0.2, 0) is 14.7 Å². The highest BCUT2D eigenvalue weighted by Crippen LogP contribution is 2.36. The molecule has 1 atom stereocenters. The van der Waals surface area contributed by atoms with Gasteiger partial charge in [-0.3, -0.25) is 0 Å². The third kappa shape index (κ3) is 6.63. The zero-order valence-corrected chi connectivity index (χ0v) is 24.6. The molecule has 0 aliphatic heterocycles. The molecule has 3 aromatic rings. The van der Waals surface area contributed by atoms with Gasteiger partial charge in [0.2, 0.25) is 0 Å². The Hall–Kier alpha value is -1.79. The third-order valence-electron chi connectivity index (χ3n) is 5.57. The van der Waals surface area contributed by atoms with Crippen molar-refractivity contribution in [3.63, 3.8) is 0 Å². The van der Waals surface area contributed by atoms with Crippen LogP contribution in [0.25, 0.3) is 16.7 Å². The first-order valence-electron chi connectivity index (χ1n) is 11.7. The highest BCUT2D eigenvalue weighted by Gasteiger charge is 2.44. The largest absolute Gasteiger partial charge is 0.505 e. The molecule has 6 nitrogen and oxygen atoms in total. The van der Waals surface area contributed by atoms with Crippen molar-refractivity contribution in [3.05, 3.63) is 47.5 Å². The summed E-state index contributed by atoms with van der Waals surface area (Å²) < 4.78 is 13.5. The van der Waals surface area contributed by atoms with E-state index in [1.165, 1.54) is 0 Å². The minimum Gasteiger partial charge on any atom is -0.505 e. The number of nitrogens with zero attached hydrogens (tertiary/aromatic N) is 3. The molecule has 1 unspecified atom stereocenters. The third-order valence-corrected chi connectivity index (χ3v) is 15.8. The van der Waals surface area contributed by atoms with Crippen LogP contribution < -0.4 is 0 Å². The van der Waals surface area contributed by atoms with Gasteiger partial charge in [-0.1, -0.05) is 25.1 Å². The molecule has 1 heterocycles. The summed E-state index contributed by atoms with van der Waals surface area (Å²) in [6.07, 6.45) is 1.64. The SMILES string of the molecule is Cc1cc(CCC(C)[Si](C)(O[Si](C)(C)C)O[Si](C)(C)C)c(O)c(-n2nc3ccccc3n2)c1. The van der Waals surface area contributed by atoms with Gasteiger partial charge in [0.15, 0.2) is 16.6 Å². The summed E-state index contributed by atoms with van der Waals surface area (Å²) in [5.41, 5.74) is 4.51. The van der Waals surface area contributed by atoms with Crippen LogP contribution >= 0.6 is 0 Å². The van der Waals surface area contributed by atoms with Crippen molar-refractivity contribution < 1.29 is 13.3 Å². The van der Waals surface area contributed by atoms with Crippen LogP contribution in [0.15, 0.2) is 36.4 Å². The topological polar surface area (TPSA) is 69.4 Å². The maximum Gasteiger partial charge on any atom is 0.317 e. The van der Waals surface area contributed by atoms with Crippen molar-refractivity contribution in [1.82, 2.24) is 15.0 Å². The van der Waals surface area contributed by atoms with E-state index >= 15 is 0 Å². The number of phenols is 1. The molecule has 0 spiro atoms. The first-order valence-corrected chi connectivity index (χ1v) is 20.9. The Morgan fingerprint density at radius 2 is 1.42 bits per heavy atom. The fourth-order valence-electron chi connectivity index (χ4n) is 4.22. The Bertz CT molecular complexity index is 1070. The van der Waals surface area contributed by atoms with Gasteiger partial charge >= 0.3 is 8.56 Å². The molecule has 0 fully saturated rings. The minimum atomic E-state index is -2.40. The van der Waals surface area contributed by atoms with E-state index in [4.69, 9.17) is 8.23 Å². The van der Waals surface area contributed by atoms with Crippen LogP contribution in [0.3, 0.4) is 0 Å². The predicted octanol–water partition coefficient (Wildman–Crippen LogP) is 6.53. The van der Waals surface area contributed by atoms with Crippen LogP contribution in [0, 0.1) is 6.92 Å². The molecule has 0 aliphatic carbocycles. The zero-order chi connectivity index (χ0) is 24.6. The molecule has 1 N–H and O–H groups in total. The van der Waals surface area contributed by atoms with Crippen LogP contribution in [0.5, 0.6) is 5.75 Å². The Labute approximate surface area is 201 Å². The van der Waals surface area contributed by atoms with Crippen molar-refractivity contribution in [2.24, 2.45) is 0 Å². The van der Waals surface area contributed by atoms with Gasteiger partial charge in [-0.05, 0) is 100 Å². The number of hydrogen-bond acceptors (Lipinski definition) is 5. The van der Waals surface area contributed by atoms with Gasteiger partial charge < -0.3 is 13.3 Å². The number of fused-ring (bicyclic) bond motifs is 1. The van der Waals surface area contributed by atoms with Crippen molar-refractivity contribution in [2.45, 2.75) is 78.1 Å². The molecule has 0 aliphatic rings. The molecular formula is C24H39N3O3Si3. The van der Waals surface area contributed by atoms with Gasteiger partial charge in [0, 0.05) is 0 Å². The van der Waals surface area contributed by atoms with E-state index in [0.29, 0.717) is 11.2 Å². The van der Waals surface area contributed by atoms with Crippen molar-refractivity contribution in [3.8, 4) is 11.4 Å². The number of rotatable bonds is 9. The summed E-state index contributed by atoms with van der Waals surface area (Å²) in [5.74, 6) is 0.244. The molecule has 0 radical (unpaired) electrons. The van der Waals surface area contributed by atoms with Crippen molar-refractivity contribution in [1.29, 1.82) is 0 Å². The first-order chi connectivity index (χ1) is 15.2. The van der Waals surface area contributed by atoms with E-state index in [2.05, 4.69) is 69.0 Å². The van der Waals surface area contributed by atoms with Gasteiger partial charge in [0.05, 0.1) is 0 Å². The molecule has 0 bridgehead atoms. The van der Waals surface area contributed by atoms with Crippen molar-refractivity contribution >= 4 is 36.2 Å². The van der Waals surface area contributed by atoms with E-state index in [0.717, 1.165) is 35.0 Å².